The zero-order valence-electron chi connectivity index (χ0n) is 12.8. The zero-order valence-corrected chi connectivity index (χ0v) is 12.8. The normalized spacial score (nSPS) is 26.9. The Morgan fingerprint density at radius 1 is 1.38 bits per heavy atom. The minimum Gasteiger partial charge on any atom is -0.478 e. The van der Waals surface area contributed by atoms with Gasteiger partial charge in [-0.3, -0.25) is 9.59 Å². The molecule has 3 atom stereocenters. The van der Waals surface area contributed by atoms with Crippen LogP contribution in [0.5, 0.6) is 0 Å². The Bertz CT molecular complexity index is 409. The Hall–Kier alpha value is -1.43. The van der Waals surface area contributed by atoms with Gasteiger partial charge in [0.2, 0.25) is 6.10 Å². The Morgan fingerprint density at radius 3 is 2.57 bits per heavy atom. The van der Waals surface area contributed by atoms with Crippen molar-refractivity contribution in [2.45, 2.75) is 58.5 Å². The van der Waals surface area contributed by atoms with Gasteiger partial charge in [-0.2, -0.15) is 0 Å². The van der Waals surface area contributed by atoms with Crippen LogP contribution in [0, 0.1) is 11.3 Å². The standard InChI is InChI=1S/C15H25NO5/c1-10-4-3-7-15(2,8-10)13(14(19)20)21-12(18)6-5-11(17)9-16/h10,13H,3-9,16H2,1-2H3,(H,19,20). The van der Waals surface area contributed by atoms with Crippen LogP contribution in [0.1, 0.15) is 52.4 Å². The first-order valence-corrected chi connectivity index (χ1v) is 7.42. The van der Waals surface area contributed by atoms with E-state index in [1.54, 1.807) is 0 Å². The van der Waals surface area contributed by atoms with Crippen LogP contribution in [0.25, 0.3) is 0 Å². The third kappa shape index (κ3) is 5.12. The largest absolute Gasteiger partial charge is 0.478 e. The molecule has 0 aromatic carbocycles. The van der Waals surface area contributed by atoms with Crippen molar-refractivity contribution in [2.75, 3.05) is 6.54 Å². The number of Topliss-reactive ketones (excluding diaryl/α,β-unsaturated/α-hetero) is 1. The zero-order chi connectivity index (χ0) is 16.0. The SMILES string of the molecule is CC1CCCC(C)(C(OC(=O)CCC(=O)CN)C(=O)O)C1. The molecular weight excluding hydrogens is 274 g/mol. The molecule has 0 bridgehead atoms. The van der Waals surface area contributed by atoms with Crippen LogP contribution in [-0.4, -0.2) is 35.5 Å². The highest BCUT2D eigenvalue weighted by molar-refractivity contribution is 5.85. The Kier molecular flexibility index (Phi) is 6.33. The highest BCUT2D eigenvalue weighted by Gasteiger charge is 2.44. The van der Waals surface area contributed by atoms with Crippen molar-refractivity contribution in [1.29, 1.82) is 0 Å². The van der Waals surface area contributed by atoms with Crippen molar-refractivity contribution in [2.24, 2.45) is 17.1 Å². The maximum Gasteiger partial charge on any atom is 0.345 e. The Balaban J connectivity index is 2.67. The van der Waals surface area contributed by atoms with Gasteiger partial charge in [-0.15, -0.1) is 0 Å². The molecule has 6 nitrogen and oxygen atoms in total. The average Bonchev–Trinajstić information content (AvgIpc) is 2.41. The number of aliphatic carboxylic acids is 1. The molecule has 0 aromatic rings. The lowest BCUT2D eigenvalue weighted by atomic mass is 9.68. The maximum atomic E-state index is 11.8. The highest BCUT2D eigenvalue weighted by Crippen LogP contribution is 2.43. The van der Waals surface area contributed by atoms with Crippen LogP contribution in [0.15, 0.2) is 0 Å². The van der Waals surface area contributed by atoms with E-state index in [1.165, 1.54) is 0 Å². The maximum absolute atomic E-state index is 11.8. The summed E-state index contributed by atoms with van der Waals surface area (Å²) >= 11 is 0. The number of hydrogen-bond donors (Lipinski definition) is 2. The van der Waals surface area contributed by atoms with Crippen molar-refractivity contribution in [1.82, 2.24) is 0 Å². The van der Waals surface area contributed by atoms with Gasteiger partial charge in [0, 0.05) is 11.8 Å². The van der Waals surface area contributed by atoms with Crippen LogP contribution >= 0.6 is 0 Å². The summed E-state index contributed by atoms with van der Waals surface area (Å²) in [5.41, 5.74) is 4.62. The molecule has 1 fully saturated rings. The summed E-state index contributed by atoms with van der Waals surface area (Å²) in [6.07, 6.45) is 2.18. The lowest BCUT2D eigenvalue weighted by Gasteiger charge is -2.40. The van der Waals surface area contributed by atoms with Crippen molar-refractivity contribution in [3.05, 3.63) is 0 Å². The van der Waals surface area contributed by atoms with E-state index in [2.05, 4.69) is 6.92 Å². The summed E-state index contributed by atoms with van der Waals surface area (Å²) < 4.78 is 5.17. The lowest BCUT2D eigenvalue weighted by molar-refractivity contribution is -0.176. The number of ether oxygens (including phenoxy) is 1. The second kappa shape index (κ2) is 7.54. The number of hydrogen-bond acceptors (Lipinski definition) is 5. The van der Waals surface area contributed by atoms with Gasteiger partial charge in [0.05, 0.1) is 13.0 Å². The number of carbonyl (C=O) groups is 3. The molecule has 0 amide bonds. The van der Waals surface area contributed by atoms with Gasteiger partial charge in [-0.05, 0) is 18.8 Å². The molecule has 1 aliphatic rings. The van der Waals surface area contributed by atoms with Crippen molar-refractivity contribution < 1.29 is 24.2 Å². The fourth-order valence-corrected chi connectivity index (χ4v) is 3.12. The minimum atomic E-state index is -1.15. The molecule has 1 rings (SSSR count). The highest BCUT2D eigenvalue weighted by atomic mass is 16.6. The monoisotopic (exact) mass is 299 g/mol. The summed E-state index contributed by atoms with van der Waals surface area (Å²) in [6.45, 7) is 3.82. The van der Waals surface area contributed by atoms with Crippen LogP contribution in [0.2, 0.25) is 0 Å². The van der Waals surface area contributed by atoms with E-state index in [-0.39, 0.29) is 25.2 Å². The number of carbonyl (C=O) groups excluding carboxylic acids is 2. The molecule has 1 saturated carbocycles. The number of esters is 1. The fourth-order valence-electron chi connectivity index (χ4n) is 3.12. The van der Waals surface area contributed by atoms with Crippen molar-refractivity contribution in [3.8, 4) is 0 Å². The van der Waals surface area contributed by atoms with Crippen molar-refractivity contribution in [3.63, 3.8) is 0 Å². The number of ketones is 1. The van der Waals surface area contributed by atoms with Crippen LogP contribution in [-0.2, 0) is 19.1 Å². The van der Waals surface area contributed by atoms with Gasteiger partial charge in [-0.25, -0.2) is 4.79 Å². The molecule has 0 aliphatic heterocycles. The fraction of sp³-hybridized carbons (Fsp3) is 0.800. The van der Waals surface area contributed by atoms with Gasteiger partial charge in [0.1, 0.15) is 5.78 Å². The van der Waals surface area contributed by atoms with Crippen LogP contribution < -0.4 is 5.73 Å². The first kappa shape index (κ1) is 17.6. The third-order valence-corrected chi connectivity index (χ3v) is 4.20. The van der Waals surface area contributed by atoms with Gasteiger partial charge in [0.25, 0.3) is 0 Å². The minimum absolute atomic E-state index is 0.00517. The predicted octanol–water partition coefficient (Wildman–Crippen LogP) is 1.51. The topological polar surface area (TPSA) is 107 Å². The molecule has 0 aromatic heterocycles. The Labute approximate surface area is 125 Å². The molecule has 1 aliphatic carbocycles. The molecule has 0 heterocycles. The summed E-state index contributed by atoms with van der Waals surface area (Å²) in [5.74, 6) is -1.59. The molecule has 120 valence electrons. The van der Waals surface area contributed by atoms with Gasteiger partial charge in [-0.1, -0.05) is 26.7 Å². The summed E-state index contributed by atoms with van der Waals surface area (Å²) in [5, 5.41) is 9.39. The quantitative estimate of drug-likeness (QED) is 0.690. The van der Waals surface area contributed by atoms with E-state index < -0.39 is 23.5 Å². The molecule has 6 heteroatoms. The Morgan fingerprint density at radius 2 is 2.05 bits per heavy atom. The molecule has 0 saturated heterocycles. The lowest BCUT2D eigenvalue weighted by Crippen LogP contribution is -2.44. The van der Waals surface area contributed by atoms with E-state index in [1.807, 2.05) is 6.92 Å². The number of rotatable bonds is 7. The molecular formula is C15H25NO5. The van der Waals surface area contributed by atoms with E-state index >= 15 is 0 Å². The van der Waals surface area contributed by atoms with E-state index in [4.69, 9.17) is 10.5 Å². The van der Waals surface area contributed by atoms with Gasteiger partial charge < -0.3 is 15.6 Å². The first-order chi connectivity index (χ1) is 9.78. The third-order valence-electron chi connectivity index (χ3n) is 4.20. The van der Waals surface area contributed by atoms with Crippen LogP contribution in [0.3, 0.4) is 0 Å². The number of carboxylic acid groups (broad SMARTS) is 1. The molecule has 3 unspecified atom stereocenters. The van der Waals surface area contributed by atoms with Gasteiger partial charge >= 0.3 is 11.9 Å². The molecule has 3 N–H and O–H groups in total. The van der Waals surface area contributed by atoms with E-state index in [9.17, 15) is 19.5 Å². The van der Waals surface area contributed by atoms with Crippen LogP contribution in [0.4, 0.5) is 0 Å². The van der Waals surface area contributed by atoms with Gasteiger partial charge in [0.15, 0.2) is 0 Å². The second-order valence-corrected chi connectivity index (χ2v) is 6.31. The molecule has 0 spiro atoms. The summed E-state index contributed by atoms with van der Waals surface area (Å²) in [6, 6.07) is 0. The number of nitrogens with two attached hydrogens (primary N) is 1. The molecule has 21 heavy (non-hydrogen) atoms. The molecule has 0 radical (unpaired) electrons. The predicted molar refractivity (Wildman–Crippen MR) is 76.6 cm³/mol. The van der Waals surface area contributed by atoms with Crippen molar-refractivity contribution >= 4 is 17.7 Å². The van der Waals surface area contributed by atoms with E-state index in [0.29, 0.717) is 5.92 Å². The number of carboxylic acids is 1. The summed E-state index contributed by atoms with van der Waals surface area (Å²) in [4.78, 5) is 34.3. The average molecular weight is 299 g/mol. The smallest absolute Gasteiger partial charge is 0.345 e. The van der Waals surface area contributed by atoms with E-state index in [0.717, 1.165) is 25.7 Å². The first-order valence-electron chi connectivity index (χ1n) is 7.42. The summed E-state index contributed by atoms with van der Waals surface area (Å²) in [7, 11) is 0. The second-order valence-electron chi connectivity index (χ2n) is 6.31.